The van der Waals surface area contributed by atoms with Crippen LogP contribution in [0, 0.1) is 10.1 Å². The predicted octanol–water partition coefficient (Wildman–Crippen LogP) is 2.89. The van der Waals surface area contributed by atoms with Gasteiger partial charge in [-0.25, -0.2) is 4.98 Å². The summed E-state index contributed by atoms with van der Waals surface area (Å²) in [5, 5.41) is 10.7. The molecule has 0 bridgehead atoms. The number of hydrogen-bond acceptors (Lipinski definition) is 4. The number of hydrogen-bond donors (Lipinski definition) is 1. The Balaban J connectivity index is 1.76. The molecule has 0 aliphatic heterocycles. The second-order valence-corrected chi connectivity index (χ2v) is 5.60. The van der Waals surface area contributed by atoms with Crippen LogP contribution in [0.4, 0.5) is 5.69 Å². The second-order valence-electron chi connectivity index (χ2n) is 5.60. The van der Waals surface area contributed by atoms with Crippen molar-refractivity contribution in [3.8, 4) is 0 Å². The number of nitro groups is 1. The maximum absolute atomic E-state index is 10.7. The Morgan fingerprint density at radius 1 is 1.08 bits per heavy atom. The largest absolute Gasteiger partial charge is 0.330 e. The molecule has 0 atom stereocenters. The van der Waals surface area contributed by atoms with E-state index in [1.807, 2.05) is 18.3 Å². The van der Waals surface area contributed by atoms with Gasteiger partial charge in [0.25, 0.3) is 5.69 Å². The molecule has 0 saturated heterocycles. The summed E-state index contributed by atoms with van der Waals surface area (Å²) in [4.78, 5) is 14.7. The van der Waals surface area contributed by atoms with Gasteiger partial charge in [0.15, 0.2) is 0 Å². The van der Waals surface area contributed by atoms with Gasteiger partial charge >= 0.3 is 0 Å². The standard InChI is InChI=1S/C18H18N4O2/c19-12-15-2-1-3-16(10-15)13-21-9-8-20-18(21)11-14-4-6-17(7-5-14)22(23)24/h1-10H,11-13,19H2. The summed E-state index contributed by atoms with van der Waals surface area (Å²) < 4.78 is 2.08. The van der Waals surface area contributed by atoms with Crippen LogP contribution < -0.4 is 5.73 Å². The average Bonchev–Trinajstić information content (AvgIpc) is 3.02. The summed E-state index contributed by atoms with van der Waals surface area (Å²) in [7, 11) is 0. The number of aromatic nitrogens is 2. The van der Waals surface area contributed by atoms with Gasteiger partial charge in [-0.05, 0) is 16.7 Å². The summed E-state index contributed by atoms with van der Waals surface area (Å²) in [5.74, 6) is 0.919. The number of non-ortho nitro benzene ring substituents is 1. The summed E-state index contributed by atoms with van der Waals surface area (Å²) in [6.07, 6.45) is 4.34. The van der Waals surface area contributed by atoms with Gasteiger partial charge in [-0.3, -0.25) is 10.1 Å². The van der Waals surface area contributed by atoms with Gasteiger partial charge in [0, 0.05) is 44.0 Å². The maximum atomic E-state index is 10.7. The molecule has 0 fully saturated rings. The first kappa shape index (κ1) is 15.9. The zero-order chi connectivity index (χ0) is 16.9. The molecule has 3 rings (SSSR count). The Morgan fingerprint density at radius 3 is 2.54 bits per heavy atom. The lowest BCUT2D eigenvalue weighted by atomic mass is 10.1. The van der Waals surface area contributed by atoms with Crippen molar-refractivity contribution >= 4 is 5.69 Å². The summed E-state index contributed by atoms with van der Waals surface area (Å²) in [6.45, 7) is 1.24. The number of benzene rings is 2. The SMILES string of the molecule is NCc1cccc(Cn2ccnc2Cc2ccc([N+](=O)[O-])cc2)c1. The van der Waals surface area contributed by atoms with Crippen LogP contribution in [0.3, 0.4) is 0 Å². The zero-order valence-electron chi connectivity index (χ0n) is 13.1. The molecule has 0 aliphatic carbocycles. The van der Waals surface area contributed by atoms with E-state index in [2.05, 4.69) is 21.7 Å². The van der Waals surface area contributed by atoms with Crippen LogP contribution in [0.1, 0.15) is 22.5 Å². The molecule has 0 saturated carbocycles. The molecule has 0 spiro atoms. The highest BCUT2D eigenvalue weighted by Crippen LogP contribution is 2.15. The normalized spacial score (nSPS) is 10.7. The van der Waals surface area contributed by atoms with Crippen LogP contribution in [-0.2, 0) is 19.5 Å². The molecule has 1 aromatic heterocycles. The lowest BCUT2D eigenvalue weighted by molar-refractivity contribution is -0.384. The van der Waals surface area contributed by atoms with E-state index in [1.54, 1.807) is 18.3 Å². The second kappa shape index (κ2) is 7.06. The average molecular weight is 322 g/mol. The van der Waals surface area contributed by atoms with Crippen LogP contribution in [0.2, 0.25) is 0 Å². The molecule has 0 unspecified atom stereocenters. The summed E-state index contributed by atoms with van der Waals surface area (Å²) in [6, 6.07) is 14.8. The highest BCUT2D eigenvalue weighted by molar-refractivity contribution is 5.34. The Hall–Kier alpha value is -2.99. The molecule has 1 heterocycles. The third-order valence-corrected chi connectivity index (χ3v) is 3.89. The third-order valence-electron chi connectivity index (χ3n) is 3.89. The number of nitrogens with zero attached hydrogens (tertiary/aromatic N) is 3. The van der Waals surface area contributed by atoms with E-state index in [4.69, 9.17) is 5.73 Å². The highest BCUT2D eigenvalue weighted by Gasteiger charge is 2.08. The van der Waals surface area contributed by atoms with Crippen LogP contribution in [-0.4, -0.2) is 14.5 Å². The summed E-state index contributed by atoms with van der Waals surface area (Å²) in [5.41, 5.74) is 9.05. The van der Waals surface area contributed by atoms with Gasteiger partial charge in [-0.1, -0.05) is 36.4 Å². The molecular weight excluding hydrogens is 304 g/mol. The van der Waals surface area contributed by atoms with Gasteiger partial charge in [0.2, 0.25) is 0 Å². The van der Waals surface area contributed by atoms with Crippen molar-refractivity contribution in [3.63, 3.8) is 0 Å². The highest BCUT2D eigenvalue weighted by atomic mass is 16.6. The molecule has 0 aliphatic rings. The fraction of sp³-hybridized carbons (Fsp3) is 0.167. The molecule has 6 nitrogen and oxygen atoms in total. The van der Waals surface area contributed by atoms with E-state index in [0.717, 1.165) is 23.5 Å². The van der Waals surface area contributed by atoms with Crippen LogP contribution >= 0.6 is 0 Å². The molecule has 2 aromatic carbocycles. The maximum Gasteiger partial charge on any atom is 0.269 e. The smallest absolute Gasteiger partial charge is 0.269 e. The number of nitro benzene ring substituents is 1. The van der Waals surface area contributed by atoms with Crippen LogP contribution in [0.25, 0.3) is 0 Å². The monoisotopic (exact) mass is 322 g/mol. The van der Waals surface area contributed by atoms with E-state index < -0.39 is 4.92 Å². The van der Waals surface area contributed by atoms with Gasteiger partial charge in [-0.2, -0.15) is 0 Å². The Labute approximate surface area is 139 Å². The van der Waals surface area contributed by atoms with Crippen molar-refractivity contribution < 1.29 is 4.92 Å². The van der Waals surface area contributed by atoms with Crippen molar-refractivity contribution in [1.29, 1.82) is 0 Å². The van der Waals surface area contributed by atoms with Gasteiger partial charge in [0.05, 0.1) is 4.92 Å². The number of rotatable bonds is 6. The van der Waals surface area contributed by atoms with Gasteiger partial charge in [0.1, 0.15) is 5.82 Å². The van der Waals surface area contributed by atoms with Crippen molar-refractivity contribution in [2.45, 2.75) is 19.5 Å². The molecule has 0 amide bonds. The topological polar surface area (TPSA) is 87.0 Å². The molecule has 0 radical (unpaired) electrons. The van der Waals surface area contributed by atoms with E-state index >= 15 is 0 Å². The van der Waals surface area contributed by atoms with Crippen molar-refractivity contribution in [3.05, 3.63) is 93.6 Å². The Kier molecular flexibility index (Phi) is 4.67. The minimum atomic E-state index is -0.394. The lowest BCUT2D eigenvalue weighted by Crippen LogP contribution is -2.06. The predicted molar refractivity (Wildman–Crippen MR) is 91.6 cm³/mol. The van der Waals surface area contributed by atoms with E-state index in [0.29, 0.717) is 13.0 Å². The number of imidazole rings is 1. The fourth-order valence-corrected chi connectivity index (χ4v) is 2.62. The number of nitrogens with two attached hydrogens (primary N) is 1. The molecule has 6 heteroatoms. The molecule has 24 heavy (non-hydrogen) atoms. The minimum absolute atomic E-state index is 0.0979. The van der Waals surface area contributed by atoms with E-state index in [1.165, 1.54) is 17.7 Å². The zero-order valence-corrected chi connectivity index (χ0v) is 13.1. The fourth-order valence-electron chi connectivity index (χ4n) is 2.62. The molecule has 2 N–H and O–H groups in total. The van der Waals surface area contributed by atoms with Gasteiger partial charge < -0.3 is 10.3 Å². The van der Waals surface area contributed by atoms with Crippen LogP contribution in [0.5, 0.6) is 0 Å². The first-order valence-corrected chi connectivity index (χ1v) is 7.67. The summed E-state index contributed by atoms with van der Waals surface area (Å²) >= 11 is 0. The van der Waals surface area contributed by atoms with E-state index in [9.17, 15) is 10.1 Å². The van der Waals surface area contributed by atoms with Crippen molar-refractivity contribution in [2.24, 2.45) is 5.73 Å². The first-order chi connectivity index (χ1) is 11.7. The van der Waals surface area contributed by atoms with E-state index in [-0.39, 0.29) is 5.69 Å². The van der Waals surface area contributed by atoms with Crippen molar-refractivity contribution in [1.82, 2.24) is 9.55 Å². The third kappa shape index (κ3) is 3.67. The first-order valence-electron chi connectivity index (χ1n) is 7.67. The quantitative estimate of drug-likeness (QED) is 0.558. The molecular formula is C18H18N4O2. The Morgan fingerprint density at radius 2 is 1.83 bits per heavy atom. The minimum Gasteiger partial charge on any atom is -0.330 e. The lowest BCUT2D eigenvalue weighted by Gasteiger charge is -2.09. The van der Waals surface area contributed by atoms with Gasteiger partial charge in [-0.15, -0.1) is 0 Å². The molecule has 3 aromatic rings. The van der Waals surface area contributed by atoms with Crippen LogP contribution in [0.15, 0.2) is 60.9 Å². The molecule has 122 valence electrons. The Bertz CT molecular complexity index is 840. The van der Waals surface area contributed by atoms with Crippen molar-refractivity contribution in [2.75, 3.05) is 0 Å².